The highest BCUT2D eigenvalue weighted by molar-refractivity contribution is 14.0. The minimum absolute atomic E-state index is 0. The van der Waals surface area contributed by atoms with Gasteiger partial charge < -0.3 is 15.5 Å². The van der Waals surface area contributed by atoms with Crippen LogP contribution >= 0.6 is 24.0 Å². The van der Waals surface area contributed by atoms with Crippen molar-refractivity contribution < 1.29 is 8.78 Å². The van der Waals surface area contributed by atoms with Crippen LogP contribution in [-0.2, 0) is 6.54 Å². The van der Waals surface area contributed by atoms with Crippen LogP contribution in [0.2, 0.25) is 0 Å². The molecule has 7 heteroatoms. The van der Waals surface area contributed by atoms with Crippen molar-refractivity contribution in [3.8, 4) is 0 Å². The fourth-order valence-electron chi connectivity index (χ4n) is 3.21. The summed E-state index contributed by atoms with van der Waals surface area (Å²) < 4.78 is 27.0. The van der Waals surface area contributed by atoms with Crippen LogP contribution in [0.3, 0.4) is 0 Å². The van der Waals surface area contributed by atoms with Crippen molar-refractivity contribution in [3.05, 3.63) is 65.7 Å². The fourth-order valence-corrected chi connectivity index (χ4v) is 3.21. The van der Waals surface area contributed by atoms with Gasteiger partial charge in [-0.05, 0) is 43.2 Å². The second-order valence-corrected chi connectivity index (χ2v) is 6.43. The topological polar surface area (TPSA) is 39.7 Å². The average Bonchev–Trinajstić information content (AvgIpc) is 2.68. The minimum atomic E-state index is -0.447. The monoisotopic (exact) mass is 486 g/mol. The molecule has 0 aromatic heterocycles. The van der Waals surface area contributed by atoms with Gasteiger partial charge in [-0.3, -0.25) is 4.99 Å². The molecule has 1 saturated heterocycles. The van der Waals surface area contributed by atoms with Gasteiger partial charge in [-0.15, -0.1) is 24.0 Å². The Hall–Kier alpha value is -1.90. The van der Waals surface area contributed by atoms with E-state index in [1.807, 2.05) is 18.2 Å². The number of benzene rings is 2. The van der Waals surface area contributed by atoms with E-state index in [9.17, 15) is 8.78 Å². The molecule has 1 heterocycles. The summed E-state index contributed by atoms with van der Waals surface area (Å²) in [5.41, 5.74) is 1.49. The third-order valence-electron chi connectivity index (χ3n) is 4.56. The summed E-state index contributed by atoms with van der Waals surface area (Å²) in [5, 5.41) is 6.46. The van der Waals surface area contributed by atoms with Crippen molar-refractivity contribution in [2.45, 2.75) is 25.4 Å². The summed E-state index contributed by atoms with van der Waals surface area (Å²) in [6.07, 6.45) is 2.13. The van der Waals surface area contributed by atoms with E-state index in [4.69, 9.17) is 0 Å². The van der Waals surface area contributed by atoms with Gasteiger partial charge in [0.25, 0.3) is 0 Å². The van der Waals surface area contributed by atoms with E-state index < -0.39 is 11.6 Å². The summed E-state index contributed by atoms with van der Waals surface area (Å²) in [7, 11) is 1.68. The second kappa shape index (κ2) is 10.4. The molecule has 0 spiro atoms. The molecule has 4 nitrogen and oxygen atoms in total. The molecule has 3 rings (SSSR count). The number of halogens is 3. The molecule has 0 bridgehead atoms. The standard InChI is InChI=1S/C20H24F2N4.HI/c1-23-20(24-13-15-12-16(21)9-10-19(15)22)25-17-6-5-11-26(14-17)18-7-3-2-4-8-18;/h2-4,7-10,12,17H,5-6,11,13-14H2,1H3,(H2,23,24,25);1H. The molecule has 27 heavy (non-hydrogen) atoms. The van der Waals surface area contributed by atoms with Crippen molar-refractivity contribution in [1.29, 1.82) is 0 Å². The summed E-state index contributed by atoms with van der Waals surface area (Å²) in [4.78, 5) is 6.55. The predicted molar refractivity (Wildman–Crippen MR) is 117 cm³/mol. The summed E-state index contributed by atoms with van der Waals surface area (Å²) >= 11 is 0. The summed E-state index contributed by atoms with van der Waals surface area (Å²) in [6.45, 7) is 2.08. The van der Waals surface area contributed by atoms with Crippen molar-refractivity contribution in [3.63, 3.8) is 0 Å². The third-order valence-corrected chi connectivity index (χ3v) is 4.56. The van der Waals surface area contributed by atoms with Crippen molar-refractivity contribution >= 4 is 35.6 Å². The van der Waals surface area contributed by atoms with E-state index in [0.29, 0.717) is 5.96 Å². The molecule has 2 N–H and O–H groups in total. The summed E-state index contributed by atoms with van der Waals surface area (Å²) in [5.74, 6) is -0.284. The minimum Gasteiger partial charge on any atom is -0.369 e. The number of rotatable bonds is 4. The highest BCUT2D eigenvalue weighted by Gasteiger charge is 2.21. The van der Waals surface area contributed by atoms with Gasteiger partial charge in [0.2, 0.25) is 0 Å². The van der Waals surface area contributed by atoms with Gasteiger partial charge in [-0.1, -0.05) is 18.2 Å². The molecule has 0 saturated carbocycles. The number of hydrogen-bond acceptors (Lipinski definition) is 2. The average molecular weight is 486 g/mol. The van der Waals surface area contributed by atoms with Crippen LogP contribution in [-0.4, -0.2) is 32.1 Å². The van der Waals surface area contributed by atoms with Crippen LogP contribution in [0.5, 0.6) is 0 Å². The first-order valence-electron chi connectivity index (χ1n) is 8.87. The molecule has 1 aliphatic rings. The number of guanidine groups is 1. The first-order chi connectivity index (χ1) is 12.7. The number of nitrogens with zero attached hydrogens (tertiary/aromatic N) is 2. The number of aliphatic imine (C=N–C) groups is 1. The fraction of sp³-hybridized carbons (Fsp3) is 0.350. The Bertz CT molecular complexity index is 755. The predicted octanol–water partition coefficient (Wildman–Crippen LogP) is 3.92. The van der Waals surface area contributed by atoms with Crippen LogP contribution in [0.15, 0.2) is 53.5 Å². The molecular formula is C20H25F2IN4. The van der Waals surface area contributed by atoms with Crippen molar-refractivity contribution in [1.82, 2.24) is 10.6 Å². The van der Waals surface area contributed by atoms with Gasteiger partial charge in [0.15, 0.2) is 5.96 Å². The van der Waals surface area contributed by atoms with Crippen molar-refractivity contribution in [2.75, 3.05) is 25.0 Å². The van der Waals surface area contributed by atoms with E-state index >= 15 is 0 Å². The molecule has 146 valence electrons. The lowest BCUT2D eigenvalue weighted by atomic mass is 10.0. The van der Waals surface area contributed by atoms with Gasteiger partial charge in [-0.25, -0.2) is 8.78 Å². The van der Waals surface area contributed by atoms with Gasteiger partial charge >= 0.3 is 0 Å². The Kier molecular flexibility index (Phi) is 8.27. The van der Waals surface area contributed by atoms with Gasteiger partial charge in [0, 0.05) is 44.0 Å². The largest absolute Gasteiger partial charge is 0.369 e. The summed E-state index contributed by atoms with van der Waals surface area (Å²) in [6, 6.07) is 14.0. The second-order valence-electron chi connectivity index (χ2n) is 6.43. The molecule has 1 fully saturated rings. The number of piperidine rings is 1. The number of anilines is 1. The Morgan fingerprint density at radius 2 is 1.96 bits per heavy atom. The number of hydrogen-bond donors (Lipinski definition) is 2. The van der Waals surface area contributed by atoms with E-state index in [1.54, 1.807) is 7.05 Å². The Balaban J connectivity index is 0.00000261. The van der Waals surface area contributed by atoms with E-state index in [1.165, 1.54) is 11.8 Å². The maximum absolute atomic E-state index is 13.7. The van der Waals surface area contributed by atoms with Crippen LogP contribution in [0, 0.1) is 11.6 Å². The zero-order chi connectivity index (χ0) is 18.4. The van der Waals surface area contributed by atoms with Gasteiger partial charge in [-0.2, -0.15) is 0 Å². The van der Waals surface area contributed by atoms with E-state index in [-0.39, 0.29) is 42.1 Å². The van der Waals surface area contributed by atoms with Gasteiger partial charge in [0.1, 0.15) is 11.6 Å². The molecule has 2 aromatic rings. The molecule has 1 atom stereocenters. The van der Waals surface area contributed by atoms with Crippen LogP contribution < -0.4 is 15.5 Å². The molecule has 0 radical (unpaired) electrons. The Morgan fingerprint density at radius 3 is 2.70 bits per heavy atom. The number of nitrogens with one attached hydrogen (secondary N) is 2. The lowest BCUT2D eigenvalue weighted by Crippen LogP contribution is -2.51. The van der Waals surface area contributed by atoms with Crippen LogP contribution in [0.25, 0.3) is 0 Å². The highest BCUT2D eigenvalue weighted by Crippen LogP contribution is 2.19. The molecule has 0 amide bonds. The van der Waals surface area contributed by atoms with Gasteiger partial charge in [0.05, 0.1) is 0 Å². The highest BCUT2D eigenvalue weighted by atomic mass is 127. The maximum atomic E-state index is 13.7. The molecule has 0 aliphatic carbocycles. The van der Waals surface area contributed by atoms with Crippen LogP contribution in [0.4, 0.5) is 14.5 Å². The normalized spacial score (nSPS) is 17.2. The lowest BCUT2D eigenvalue weighted by Gasteiger charge is -2.35. The molecular weight excluding hydrogens is 461 g/mol. The van der Waals surface area contributed by atoms with E-state index in [2.05, 4.69) is 32.7 Å². The molecule has 1 unspecified atom stereocenters. The van der Waals surface area contributed by atoms with E-state index in [0.717, 1.165) is 38.1 Å². The Morgan fingerprint density at radius 1 is 1.19 bits per heavy atom. The first-order valence-corrected chi connectivity index (χ1v) is 8.87. The molecule has 2 aromatic carbocycles. The zero-order valence-electron chi connectivity index (χ0n) is 15.3. The maximum Gasteiger partial charge on any atom is 0.191 e. The zero-order valence-corrected chi connectivity index (χ0v) is 17.6. The molecule has 1 aliphatic heterocycles. The van der Waals surface area contributed by atoms with Crippen molar-refractivity contribution in [2.24, 2.45) is 4.99 Å². The first kappa shape index (κ1) is 21.4. The van der Waals surface area contributed by atoms with Crippen LogP contribution in [0.1, 0.15) is 18.4 Å². The Labute approximate surface area is 176 Å². The lowest BCUT2D eigenvalue weighted by molar-refractivity contribution is 0.467. The smallest absolute Gasteiger partial charge is 0.191 e. The SMILES string of the molecule is CN=C(NCc1cc(F)ccc1F)NC1CCCN(c2ccccc2)C1.I. The number of para-hydroxylation sites is 1. The quantitative estimate of drug-likeness (QED) is 0.391. The third kappa shape index (κ3) is 6.05.